The van der Waals surface area contributed by atoms with Gasteiger partial charge in [0.05, 0.1) is 19.6 Å². The molecule has 2 rings (SSSR count). The fraction of sp³-hybridized carbons (Fsp3) is 0.900. The van der Waals surface area contributed by atoms with E-state index in [-0.39, 0.29) is 29.2 Å². The minimum atomic E-state index is -0.193. The third kappa shape index (κ3) is 4.12. The van der Waals surface area contributed by atoms with Crippen LogP contribution in [-0.2, 0) is 19.1 Å². The molecule has 2 aliphatic rings. The largest absolute Gasteiger partial charge is 0.469 e. The van der Waals surface area contributed by atoms with E-state index >= 15 is 0 Å². The Kier molecular flexibility index (Phi) is 5.98. The van der Waals surface area contributed by atoms with Crippen LogP contribution in [0, 0.1) is 40.9 Å². The van der Waals surface area contributed by atoms with Gasteiger partial charge >= 0.3 is 11.9 Å². The predicted octanol–water partition coefficient (Wildman–Crippen LogP) is 4.07. The molecule has 138 valence electrons. The van der Waals surface area contributed by atoms with Crippen LogP contribution >= 0.6 is 0 Å². The zero-order valence-electron chi connectivity index (χ0n) is 16.1. The monoisotopic (exact) mass is 338 g/mol. The second-order valence-electron chi connectivity index (χ2n) is 8.90. The van der Waals surface area contributed by atoms with E-state index in [0.717, 1.165) is 6.42 Å². The van der Waals surface area contributed by atoms with Crippen molar-refractivity contribution in [3.05, 3.63) is 0 Å². The summed E-state index contributed by atoms with van der Waals surface area (Å²) in [7, 11) is 1.41. The number of carbonyl (C=O) groups excluding carboxylic acids is 2. The first-order valence-electron chi connectivity index (χ1n) is 9.41. The van der Waals surface area contributed by atoms with E-state index in [1.54, 1.807) is 0 Å². The lowest BCUT2D eigenvalue weighted by molar-refractivity contribution is -0.148. The number of methoxy groups -OCH3 is 1. The molecule has 0 aliphatic heterocycles. The zero-order valence-corrected chi connectivity index (χ0v) is 16.1. The number of hydrogen-bond acceptors (Lipinski definition) is 4. The summed E-state index contributed by atoms with van der Waals surface area (Å²) < 4.78 is 10.4. The van der Waals surface area contributed by atoms with Gasteiger partial charge < -0.3 is 9.47 Å². The van der Waals surface area contributed by atoms with Crippen LogP contribution in [0.1, 0.15) is 60.3 Å². The van der Waals surface area contributed by atoms with Gasteiger partial charge in [-0.05, 0) is 41.9 Å². The van der Waals surface area contributed by atoms with E-state index in [1.165, 1.54) is 20.0 Å². The van der Waals surface area contributed by atoms with Crippen LogP contribution in [0.2, 0.25) is 0 Å². The Morgan fingerprint density at radius 1 is 1.21 bits per heavy atom. The van der Waals surface area contributed by atoms with Gasteiger partial charge in [0.25, 0.3) is 0 Å². The van der Waals surface area contributed by atoms with Gasteiger partial charge in [-0.1, -0.05) is 41.0 Å². The van der Waals surface area contributed by atoms with Crippen LogP contribution in [-0.4, -0.2) is 25.7 Å². The highest BCUT2D eigenvalue weighted by Crippen LogP contribution is 2.58. The number of esters is 2. The summed E-state index contributed by atoms with van der Waals surface area (Å²) in [5.41, 5.74) is -0.132. The fourth-order valence-corrected chi connectivity index (χ4v) is 4.74. The van der Waals surface area contributed by atoms with Gasteiger partial charge in [0, 0.05) is 12.3 Å². The number of carbonyl (C=O) groups is 2. The summed E-state index contributed by atoms with van der Waals surface area (Å²) in [5, 5.41) is 0. The van der Waals surface area contributed by atoms with Crippen LogP contribution in [0.25, 0.3) is 0 Å². The minimum absolute atomic E-state index is 0.0834. The molecule has 0 N–H and O–H groups in total. The normalized spacial score (nSPS) is 34.7. The molecular weight excluding hydrogens is 304 g/mol. The second-order valence-corrected chi connectivity index (χ2v) is 8.90. The molecule has 0 saturated heterocycles. The molecule has 2 aliphatic carbocycles. The molecule has 0 aromatic rings. The predicted molar refractivity (Wildman–Crippen MR) is 93.2 cm³/mol. The summed E-state index contributed by atoms with van der Waals surface area (Å²) in [6.07, 6.45) is 4.13. The van der Waals surface area contributed by atoms with E-state index < -0.39 is 0 Å². The molecule has 0 radical (unpaired) electrons. The van der Waals surface area contributed by atoms with Gasteiger partial charge in [0.15, 0.2) is 0 Å². The van der Waals surface area contributed by atoms with Crippen LogP contribution < -0.4 is 0 Å². The van der Waals surface area contributed by atoms with Gasteiger partial charge in [-0.25, -0.2) is 0 Å². The third-order valence-corrected chi connectivity index (χ3v) is 6.52. The molecule has 5 atom stereocenters. The van der Waals surface area contributed by atoms with Crippen LogP contribution in [0.3, 0.4) is 0 Å². The molecule has 0 bridgehead atoms. The molecule has 2 fully saturated rings. The van der Waals surface area contributed by atoms with E-state index in [0.29, 0.717) is 36.7 Å². The first kappa shape index (κ1) is 19.3. The van der Waals surface area contributed by atoms with Crippen LogP contribution in [0.15, 0.2) is 0 Å². The smallest absolute Gasteiger partial charge is 0.309 e. The topological polar surface area (TPSA) is 52.6 Å². The van der Waals surface area contributed by atoms with Gasteiger partial charge in [-0.15, -0.1) is 0 Å². The quantitative estimate of drug-likeness (QED) is 0.685. The molecule has 24 heavy (non-hydrogen) atoms. The van der Waals surface area contributed by atoms with Crippen molar-refractivity contribution in [2.24, 2.45) is 40.9 Å². The summed E-state index contributed by atoms with van der Waals surface area (Å²) in [4.78, 5) is 24.1. The second kappa shape index (κ2) is 7.45. The average Bonchev–Trinajstić information content (AvgIpc) is 3.05. The van der Waals surface area contributed by atoms with Crippen molar-refractivity contribution in [1.82, 2.24) is 0 Å². The highest BCUT2D eigenvalue weighted by molar-refractivity contribution is 5.77. The van der Waals surface area contributed by atoms with Gasteiger partial charge in [-0.2, -0.15) is 0 Å². The lowest BCUT2D eigenvalue weighted by atomic mass is 9.69. The summed E-state index contributed by atoms with van der Waals surface area (Å²) in [6, 6.07) is 0. The summed E-state index contributed by atoms with van der Waals surface area (Å²) in [5.74, 6) is 2.01. The maximum absolute atomic E-state index is 12.3. The third-order valence-electron chi connectivity index (χ3n) is 6.52. The lowest BCUT2D eigenvalue weighted by Crippen LogP contribution is -2.30. The Bertz CT molecular complexity index is 468. The van der Waals surface area contributed by atoms with E-state index in [4.69, 9.17) is 9.47 Å². The molecule has 0 amide bonds. The first-order valence-corrected chi connectivity index (χ1v) is 9.41. The molecule has 0 spiro atoms. The molecule has 5 unspecified atom stereocenters. The summed E-state index contributed by atoms with van der Waals surface area (Å²) >= 11 is 0. The first-order chi connectivity index (χ1) is 11.2. The van der Waals surface area contributed by atoms with E-state index in [2.05, 4.69) is 20.8 Å². The number of rotatable bonds is 6. The van der Waals surface area contributed by atoms with Crippen molar-refractivity contribution in [1.29, 1.82) is 0 Å². The Morgan fingerprint density at radius 3 is 2.46 bits per heavy atom. The molecule has 4 heteroatoms. The Labute approximate surface area is 146 Å². The fourth-order valence-electron chi connectivity index (χ4n) is 4.74. The zero-order chi connectivity index (χ0) is 18.1. The maximum Gasteiger partial charge on any atom is 0.309 e. The van der Waals surface area contributed by atoms with E-state index in [9.17, 15) is 9.59 Å². The van der Waals surface area contributed by atoms with Crippen molar-refractivity contribution in [3.63, 3.8) is 0 Å². The molecule has 2 saturated carbocycles. The Hall–Kier alpha value is -1.06. The van der Waals surface area contributed by atoms with Crippen LogP contribution in [0.5, 0.6) is 0 Å². The van der Waals surface area contributed by atoms with Crippen molar-refractivity contribution in [2.45, 2.75) is 60.3 Å². The van der Waals surface area contributed by atoms with Crippen molar-refractivity contribution in [3.8, 4) is 0 Å². The average molecular weight is 338 g/mol. The maximum atomic E-state index is 12.3. The van der Waals surface area contributed by atoms with Gasteiger partial charge in [0.1, 0.15) is 0 Å². The van der Waals surface area contributed by atoms with Crippen LogP contribution in [0.4, 0.5) is 0 Å². The lowest BCUT2D eigenvalue weighted by Gasteiger charge is -2.36. The van der Waals surface area contributed by atoms with Crippen molar-refractivity contribution < 1.29 is 19.1 Å². The highest BCUT2D eigenvalue weighted by Gasteiger charge is 2.63. The minimum Gasteiger partial charge on any atom is -0.469 e. The SMILES string of the molecule is COC(=O)C1C(COC(=O)CC2CC(C)CCC2C(C)C)C1(C)C. The van der Waals surface area contributed by atoms with Crippen molar-refractivity contribution in [2.75, 3.05) is 13.7 Å². The standard InChI is InChI=1S/C20H34O4/c1-12(2)15-8-7-13(3)9-14(15)10-17(21)24-11-16-18(19(22)23-6)20(16,4)5/h12-16,18H,7-11H2,1-6H3. The van der Waals surface area contributed by atoms with Crippen molar-refractivity contribution >= 4 is 11.9 Å². The van der Waals surface area contributed by atoms with Gasteiger partial charge in [0.2, 0.25) is 0 Å². The highest BCUT2D eigenvalue weighted by atomic mass is 16.5. The molecular formula is C20H34O4. The van der Waals surface area contributed by atoms with Gasteiger partial charge in [-0.3, -0.25) is 9.59 Å². The molecule has 4 nitrogen and oxygen atoms in total. The Morgan fingerprint density at radius 2 is 1.88 bits per heavy atom. The summed E-state index contributed by atoms with van der Waals surface area (Å²) in [6.45, 7) is 11.2. The molecule has 0 aromatic heterocycles. The number of hydrogen-bond donors (Lipinski definition) is 0. The van der Waals surface area contributed by atoms with E-state index in [1.807, 2.05) is 13.8 Å². The number of ether oxygens (including phenoxy) is 2. The Balaban J connectivity index is 1.84. The molecule has 0 heterocycles. The molecule has 0 aromatic carbocycles.